The Morgan fingerprint density at radius 2 is 1.43 bits per heavy atom. The molecule has 0 heterocycles. The van der Waals surface area contributed by atoms with Crippen molar-refractivity contribution in [1.29, 1.82) is 0 Å². The molecule has 0 heteroatoms. The molecule has 0 bridgehead atoms. The van der Waals surface area contributed by atoms with Gasteiger partial charge in [0.05, 0.1) is 0 Å². The highest BCUT2D eigenvalue weighted by atomic mass is 14.3. The molecule has 0 saturated carbocycles. The quantitative estimate of drug-likeness (QED) is 0.606. The fourth-order valence-electron chi connectivity index (χ4n) is 3.16. The number of hydrogen-bond donors (Lipinski definition) is 0. The van der Waals surface area contributed by atoms with E-state index in [1.165, 1.54) is 29.9 Å². The van der Waals surface area contributed by atoms with E-state index >= 15 is 0 Å². The van der Waals surface area contributed by atoms with Crippen LogP contribution < -0.4 is 0 Å². The second-order valence-corrected chi connectivity index (χ2v) is 6.61. The van der Waals surface area contributed by atoms with Crippen LogP contribution in [0, 0.1) is 11.8 Å². The number of hydrogen-bond acceptors (Lipinski definition) is 0. The Labute approximate surface area is 130 Å². The Kier molecular flexibility index (Phi) is 5.22. The van der Waals surface area contributed by atoms with Crippen molar-refractivity contribution >= 4 is 0 Å². The summed E-state index contributed by atoms with van der Waals surface area (Å²) >= 11 is 0. The first-order valence-corrected chi connectivity index (χ1v) is 7.99. The third-order valence-corrected chi connectivity index (χ3v) is 4.65. The Morgan fingerprint density at radius 1 is 0.905 bits per heavy atom. The molecule has 0 amide bonds. The normalized spacial score (nSPS) is 13.4. The van der Waals surface area contributed by atoms with Crippen molar-refractivity contribution in [2.45, 2.75) is 46.0 Å². The monoisotopic (exact) mass is 279 g/mol. The molecule has 1 radical (unpaired) electrons. The minimum atomic E-state index is 0.206. The Morgan fingerprint density at radius 3 is 1.95 bits per heavy atom. The van der Waals surface area contributed by atoms with Gasteiger partial charge in [-0.3, -0.25) is 0 Å². The highest BCUT2D eigenvalue weighted by Gasteiger charge is 2.28. The van der Waals surface area contributed by atoms with Gasteiger partial charge in [0.25, 0.3) is 0 Å². The average Bonchev–Trinajstić information content (AvgIpc) is 2.53. The zero-order valence-electron chi connectivity index (χ0n) is 13.8. The van der Waals surface area contributed by atoms with Crippen LogP contribution in [0.1, 0.15) is 51.7 Å². The molecule has 0 fully saturated rings. The van der Waals surface area contributed by atoms with Crippen LogP contribution in [0.3, 0.4) is 0 Å². The molecule has 0 saturated heterocycles. The number of rotatable bonds is 6. The molecule has 0 aliphatic rings. The number of benzene rings is 2. The molecular weight excluding hydrogens is 252 g/mol. The van der Waals surface area contributed by atoms with Crippen molar-refractivity contribution in [3.63, 3.8) is 0 Å². The van der Waals surface area contributed by atoms with Crippen LogP contribution in [-0.4, -0.2) is 0 Å². The molecule has 0 aromatic heterocycles. The van der Waals surface area contributed by atoms with E-state index in [2.05, 4.69) is 88.4 Å². The van der Waals surface area contributed by atoms with Crippen molar-refractivity contribution in [2.24, 2.45) is 5.92 Å². The molecule has 1 unspecified atom stereocenters. The predicted molar refractivity (Wildman–Crippen MR) is 92.3 cm³/mol. The van der Waals surface area contributed by atoms with Gasteiger partial charge in [-0.1, -0.05) is 94.8 Å². The van der Waals surface area contributed by atoms with Gasteiger partial charge in [-0.05, 0) is 28.9 Å². The van der Waals surface area contributed by atoms with Crippen LogP contribution in [0.4, 0.5) is 0 Å². The molecule has 111 valence electrons. The van der Waals surface area contributed by atoms with Crippen molar-refractivity contribution in [2.75, 3.05) is 0 Å². The summed E-state index contributed by atoms with van der Waals surface area (Å²) < 4.78 is 0. The second-order valence-electron chi connectivity index (χ2n) is 6.61. The zero-order valence-corrected chi connectivity index (χ0v) is 13.8. The molecule has 0 N–H and O–H groups in total. The summed E-state index contributed by atoms with van der Waals surface area (Å²) in [4.78, 5) is 0. The molecule has 2 aromatic rings. The highest BCUT2D eigenvalue weighted by molar-refractivity contribution is 5.31. The van der Waals surface area contributed by atoms with Crippen molar-refractivity contribution < 1.29 is 0 Å². The van der Waals surface area contributed by atoms with Gasteiger partial charge in [-0.2, -0.15) is 0 Å². The first kappa shape index (κ1) is 15.8. The van der Waals surface area contributed by atoms with Crippen LogP contribution in [0.25, 0.3) is 0 Å². The summed E-state index contributed by atoms with van der Waals surface area (Å²) in [6.07, 6.45) is 2.38. The van der Waals surface area contributed by atoms with E-state index in [0.717, 1.165) is 0 Å². The summed E-state index contributed by atoms with van der Waals surface area (Å²) in [5.74, 6) is 2.14. The van der Waals surface area contributed by atoms with Gasteiger partial charge < -0.3 is 0 Å². The first-order chi connectivity index (χ1) is 10.0. The molecular formula is C21H27. The Balaban J connectivity index is 2.15. The van der Waals surface area contributed by atoms with Crippen molar-refractivity contribution in [3.05, 3.63) is 77.7 Å². The molecule has 1 atom stereocenters. The van der Waals surface area contributed by atoms with Crippen LogP contribution in [0.5, 0.6) is 0 Å². The van der Waals surface area contributed by atoms with Crippen LogP contribution in [0.2, 0.25) is 0 Å². The molecule has 0 aliphatic heterocycles. The van der Waals surface area contributed by atoms with Gasteiger partial charge >= 0.3 is 0 Å². The van der Waals surface area contributed by atoms with Gasteiger partial charge in [-0.15, -0.1) is 0 Å². The Bertz CT molecular complexity index is 524. The van der Waals surface area contributed by atoms with Gasteiger partial charge in [-0.25, -0.2) is 0 Å². The highest BCUT2D eigenvalue weighted by Crippen LogP contribution is 2.37. The van der Waals surface area contributed by atoms with E-state index in [1.807, 2.05) is 0 Å². The van der Waals surface area contributed by atoms with Gasteiger partial charge in [0.15, 0.2) is 0 Å². The summed E-state index contributed by atoms with van der Waals surface area (Å²) in [6, 6.07) is 21.7. The lowest BCUT2D eigenvalue weighted by Gasteiger charge is -2.33. The molecule has 0 aliphatic carbocycles. The maximum Gasteiger partial charge on any atom is 0.00499 e. The van der Waals surface area contributed by atoms with Gasteiger partial charge in [0, 0.05) is 5.92 Å². The predicted octanol–water partition coefficient (Wildman–Crippen LogP) is 6.02. The van der Waals surface area contributed by atoms with E-state index in [9.17, 15) is 0 Å². The topological polar surface area (TPSA) is 0 Å². The second kappa shape index (κ2) is 6.93. The lowest BCUT2D eigenvalue weighted by molar-refractivity contribution is 0.367. The smallest absolute Gasteiger partial charge is 0.00499 e. The molecule has 2 rings (SSSR count). The largest absolute Gasteiger partial charge is 0.0651 e. The van der Waals surface area contributed by atoms with E-state index in [-0.39, 0.29) is 5.41 Å². The summed E-state index contributed by atoms with van der Waals surface area (Å²) in [6.45, 7) is 9.33. The summed E-state index contributed by atoms with van der Waals surface area (Å²) in [7, 11) is 0. The minimum Gasteiger partial charge on any atom is -0.0651 e. The van der Waals surface area contributed by atoms with Crippen LogP contribution >= 0.6 is 0 Å². The van der Waals surface area contributed by atoms with Gasteiger partial charge in [0.1, 0.15) is 0 Å². The van der Waals surface area contributed by atoms with E-state index in [0.29, 0.717) is 5.92 Å². The van der Waals surface area contributed by atoms with Crippen molar-refractivity contribution in [3.8, 4) is 0 Å². The lowest BCUT2D eigenvalue weighted by Crippen LogP contribution is -2.24. The van der Waals surface area contributed by atoms with Crippen molar-refractivity contribution in [1.82, 2.24) is 0 Å². The zero-order chi connectivity index (χ0) is 15.3. The standard InChI is InChI=1S/C21H27/c1-5-18(17(2)19-12-8-6-9-13-19)16-21(3,4)20-14-10-7-11-15-20/h6-15,18H,5,16H2,1-4H3. The Hall–Kier alpha value is -1.56. The lowest BCUT2D eigenvalue weighted by atomic mass is 9.71. The van der Waals surface area contributed by atoms with E-state index in [1.54, 1.807) is 0 Å². The fraction of sp³-hybridized carbons (Fsp3) is 0.381. The SMILES string of the molecule is CCC(CC(C)(C)c1ccccc1)[C](C)c1ccccc1. The maximum absolute atomic E-state index is 2.36. The molecule has 0 spiro atoms. The third kappa shape index (κ3) is 3.97. The minimum absolute atomic E-state index is 0.206. The van der Waals surface area contributed by atoms with E-state index < -0.39 is 0 Å². The maximum atomic E-state index is 2.36. The molecule has 2 aromatic carbocycles. The van der Waals surface area contributed by atoms with Crippen LogP contribution in [0.15, 0.2) is 60.7 Å². The first-order valence-electron chi connectivity index (χ1n) is 7.99. The molecule has 0 nitrogen and oxygen atoms in total. The average molecular weight is 279 g/mol. The van der Waals surface area contributed by atoms with Crippen LogP contribution in [-0.2, 0) is 5.41 Å². The summed E-state index contributed by atoms with van der Waals surface area (Å²) in [5.41, 5.74) is 3.02. The summed E-state index contributed by atoms with van der Waals surface area (Å²) in [5, 5.41) is 0. The van der Waals surface area contributed by atoms with Gasteiger partial charge in [0.2, 0.25) is 0 Å². The molecule has 21 heavy (non-hydrogen) atoms. The van der Waals surface area contributed by atoms with E-state index in [4.69, 9.17) is 0 Å². The fourth-order valence-corrected chi connectivity index (χ4v) is 3.16. The third-order valence-electron chi connectivity index (χ3n) is 4.65.